The summed E-state index contributed by atoms with van der Waals surface area (Å²) < 4.78 is 2.17. The third-order valence-electron chi connectivity index (χ3n) is 5.49. The van der Waals surface area contributed by atoms with E-state index in [2.05, 4.69) is 33.5 Å². The normalized spacial score (nSPS) is 31.5. The molecule has 2 atom stereocenters. The first kappa shape index (κ1) is 14.0. The van der Waals surface area contributed by atoms with Crippen molar-refractivity contribution < 1.29 is 0 Å². The molecule has 112 valence electrons. The lowest BCUT2D eigenvalue weighted by Crippen LogP contribution is -2.58. The molecule has 0 bridgehead atoms. The molecule has 1 aliphatic carbocycles. The first-order valence-corrected chi connectivity index (χ1v) is 7.96. The Kier molecular flexibility index (Phi) is 3.82. The molecule has 0 radical (unpaired) electrons. The molecule has 5 nitrogen and oxygen atoms in total. The fraction of sp³-hybridized carbons (Fsp3) is 0.867. The standard InChI is InChI=1S/C15H27N5/c1-12(2)13-4-3-5-15(8-13,10-16)20-7-6-19-11-17-18-14(19)9-20/h11-13H,3-10,16H2,1-2H3. The summed E-state index contributed by atoms with van der Waals surface area (Å²) in [6, 6.07) is 0. The van der Waals surface area contributed by atoms with Gasteiger partial charge in [-0.05, 0) is 24.7 Å². The van der Waals surface area contributed by atoms with Crippen LogP contribution in [0, 0.1) is 11.8 Å². The Morgan fingerprint density at radius 1 is 1.45 bits per heavy atom. The summed E-state index contributed by atoms with van der Waals surface area (Å²) in [5.74, 6) is 2.66. The molecule has 1 aromatic heterocycles. The van der Waals surface area contributed by atoms with E-state index in [1.165, 1.54) is 25.7 Å². The monoisotopic (exact) mass is 277 g/mol. The third-order valence-corrected chi connectivity index (χ3v) is 5.49. The second kappa shape index (κ2) is 5.45. The van der Waals surface area contributed by atoms with Gasteiger partial charge in [0.25, 0.3) is 0 Å². The summed E-state index contributed by atoms with van der Waals surface area (Å²) >= 11 is 0. The predicted molar refractivity (Wildman–Crippen MR) is 79.0 cm³/mol. The lowest BCUT2D eigenvalue weighted by molar-refractivity contribution is 0.00565. The molecule has 1 aromatic rings. The number of hydrogen-bond donors (Lipinski definition) is 1. The lowest BCUT2D eigenvalue weighted by Gasteiger charge is -2.50. The van der Waals surface area contributed by atoms with E-state index in [9.17, 15) is 0 Å². The van der Waals surface area contributed by atoms with Crippen LogP contribution in [-0.4, -0.2) is 38.3 Å². The highest BCUT2D eigenvalue weighted by molar-refractivity contribution is 5.01. The fourth-order valence-electron chi connectivity index (χ4n) is 4.03. The van der Waals surface area contributed by atoms with Crippen LogP contribution in [0.2, 0.25) is 0 Å². The third kappa shape index (κ3) is 2.37. The number of fused-ring (bicyclic) bond motifs is 1. The van der Waals surface area contributed by atoms with E-state index in [0.29, 0.717) is 0 Å². The van der Waals surface area contributed by atoms with Crippen LogP contribution in [0.1, 0.15) is 45.4 Å². The van der Waals surface area contributed by atoms with Crippen LogP contribution in [-0.2, 0) is 13.1 Å². The first-order chi connectivity index (χ1) is 9.64. The van der Waals surface area contributed by atoms with Crippen LogP contribution in [0.25, 0.3) is 0 Å². The van der Waals surface area contributed by atoms with Gasteiger partial charge in [-0.15, -0.1) is 10.2 Å². The van der Waals surface area contributed by atoms with Gasteiger partial charge in [0.2, 0.25) is 0 Å². The Morgan fingerprint density at radius 3 is 3.05 bits per heavy atom. The molecule has 1 saturated carbocycles. The summed E-state index contributed by atoms with van der Waals surface area (Å²) in [5.41, 5.74) is 6.43. The van der Waals surface area contributed by atoms with Gasteiger partial charge in [0.05, 0.1) is 6.54 Å². The minimum absolute atomic E-state index is 0.185. The molecular formula is C15H27N5. The Morgan fingerprint density at radius 2 is 2.30 bits per heavy atom. The van der Waals surface area contributed by atoms with Gasteiger partial charge in [-0.3, -0.25) is 4.90 Å². The molecule has 5 heteroatoms. The topological polar surface area (TPSA) is 60.0 Å². The molecule has 3 rings (SSSR count). The quantitative estimate of drug-likeness (QED) is 0.912. The minimum Gasteiger partial charge on any atom is -0.329 e. The van der Waals surface area contributed by atoms with Crippen molar-refractivity contribution in [2.45, 2.75) is 58.2 Å². The minimum atomic E-state index is 0.185. The van der Waals surface area contributed by atoms with Gasteiger partial charge in [-0.1, -0.05) is 26.7 Å². The van der Waals surface area contributed by atoms with Crippen molar-refractivity contribution in [2.24, 2.45) is 17.6 Å². The molecule has 1 aliphatic heterocycles. The summed E-state index contributed by atoms with van der Waals surface area (Å²) in [5, 5.41) is 8.28. The van der Waals surface area contributed by atoms with E-state index in [-0.39, 0.29) is 5.54 Å². The van der Waals surface area contributed by atoms with E-state index in [0.717, 1.165) is 43.8 Å². The number of aromatic nitrogens is 3. The molecule has 0 amide bonds. The van der Waals surface area contributed by atoms with Crippen molar-refractivity contribution >= 4 is 0 Å². The van der Waals surface area contributed by atoms with Crippen LogP contribution >= 0.6 is 0 Å². The van der Waals surface area contributed by atoms with Crippen molar-refractivity contribution in [2.75, 3.05) is 13.1 Å². The van der Waals surface area contributed by atoms with Crippen molar-refractivity contribution in [1.82, 2.24) is 19.7 Å². The van der Waals surface area contributed by atoms with Gasteiger partial charge in [-0.2, -0.15) is 0 Å². The van der Waals surface area contributed by atoms with Crippen LogP contribution in [0.5, 0.6) is 0 Å². The summed E-state index contributed by atoms with van der Waals surface area (Å²) in [6.45, 7) is 8.45. The molecule has 2 aliphatic rings. The second-order valence-electron chi connectivity index (χ2n) is 6.89. The largest absolute Gasteiger partial charge is 0.329 e. The highest BCUT2D eigenvalue weighted by Gasteiger charge is 2.42. The van der Waals surface area contributed by atoms with Crippen LogP contribution in [0.4, 0.5) is 0 Å². The van der Waals surface area contributed by atoms with Gasteiger partial charge < -0.3 is 10.3 Å². The van der Waals surface area contributed by atoms with Gasteiger partial charge >= 0.3 is 0 Å². The van der Waals surface area contributed by atoms with Crippen molar-refractivity contribution in [3.8, 4) is 0 Å². The van der Waals surface area contributed by atoms with E-state index >= 15 is 0 Å². The SMILES string of the molecule is CC(C)C1CCCC(CN)(N2CCn3cnnc3C2)C1. The van der Waals surface area contributed by atoms with Gasteiger partial charge in [0, 0.05) is 25.2 Å². The Labute approximate surface area is 121 Å². The highest BCUT2D eigenvalue weighted by Crippen LogP contribution is 2.40. The van der Waals surface area contributed by atoms with Crippen molar-refractivity contribution in [3.05, 3.63) is 12.2 Å². The first-order valence-electron chi connectivity index (χ1n) is 7.96. The van der Waals surface area contributed by atoms with Crippen molar-refractivity contribution in [3.63, 3.8) is 0 Å². The van der Waals surface area contributed by atoms with E-state index in [1.807, 2.05) is 6.33 Å². The zero-order valence-electron chi connectivity index (χ0n) is 12.8. The lowest BCUT2D eigenvalue weighted by atomic mass is 9.70. The summed E-state index contributed by atoms with van der Waals surface area (Å²) in [6.07, 6.45) is 7.00. The zero-order chi connectivity index (χ0) is 14.2. The van der Waals surface area contributed by atoms with E-state index < -0.39 is 0 Å². The number of rotatable bonds is 3. The molecule has 0 spiro atoms. The van der Waals surface area contributed by atoms with Crippen LogP contribution in [0.3, 0.4) is 0 Å². The average molecular weight is 277 g/mol. The van der Waals surface area contributed by atoms with Gasteiger partial charge in [0.15, 0.2) is 0 Å². The maximum Gasteiger partial charge on any atom is 0.147 e. The Bertz CT molecular complexity index is 455. The van der Waals surface area contributed by atoms with E-state index in [4.69, 9.17) is 5.73 Å². The van der Waals surface area contributed by atoms with Crippen LogP contribution < -0.4 is 5.73 Å². The summed E-state index contributed by atoms with van der Waals surface area (Å²) in [7, 11) is 0. The Hall–Kier alpha value is -0.940. The second-order valence-corrected chi connectivity index (χ2v) is 6.89. The Balaban J connectivity index is 1.79. The van der Waals surface area contributed by atoms with Crippen LogP contribution in [0.15, 0.2) is 6.33 Å². The maximum atomic E-state index is 6.24. The molecule has 20 heavy (non-hydrogen) atoms. The zero-order valence-corrected chi connectivity index (χ0v) is 12.8. The number of nitrogens with two attached hydrogens (primary N) is 1. The smallest absolute Gasteiger partial charge is 0.147 e. The molecule has 0 aromatic carbocycles. The molecule has 2 unspecified atom stereocenters. The molecule has 2 N–H and O–H groups in total. The average Bonchev–Trinajstić information content (AvgIpc) is 2.94. The molecular weight excluding hydrogens is 250 g/mol. The van der Waals surface area contributed by atoms with Gasteiger partial charge in [-0.25, -0.2) is 0 Å². The van der Waals surface area contributed by atoms with Crippen molar-refractivity contribution in [1.29, 1.82) is 0 Å². The maximum absolute atomic E-state index is 6.24. The predicted octanol–water partition coefficient (Wildman–Crippen LogP) is 1.64. The van der Waals surface area contributed by atoms with Gasteiger partial charge in [0.1, 0.15) is 12.2 Å². The fourth-order valence-corrected chi connectivity index (χ4v) is 4.03. The summed E-state index contributed by atoms with van der Waals surface area (Å²) in [4.78, 5) is 2.59. The molecule has 0 saturated heterocycles. The molecule has 1 fully saturated rings. The molecule has 2 heterocycles. The number of nitrogens with zero attached hydrogens (tertiary/aromatic N) is 4. The van der Waals surface area contributed by atoms with E-state index in [1.54, 1.807) is 0 Å². The number of hydrogen-bond acceptors (Lipinski definition) is 4. The highest BCUT2D eigenvalue weighted by atomic mass is 15.3.